The van der Waals surface area contributed by atoms with Gasteiger partial charge >= 0.3 is 11.8 Å². The minimum atomic E-state index is -0.608. The number of rotatable bonds is 7. The van der Waals surface area contributed by atoms with Gasteiger partial charge in [-0.2, -0.15) is 0 Å². The zero-order valence-corrected chi connectivity index (χ0v) is 17.6. The van der Waals surface area contributed by atoms with E-state index in [-0.39, 0.29) is 18.4 Å². The number of benzene rings is 1. The summed E-state index contributed by atoms with van der Waals surface area (Å²) >= 11 is 0. The average Bonchev–Trinajstić information content (AvgIpc) is 2.78. The molecule has 0 atom stereocenters. The van der Waals surface area contributed by atoms with Crippen LogP contribution in [0, 0.1) is 0 Å². The number of amides is 4. The number of carbonyl (C=O) groups is 4. The first-order chi connectivity index (χ1) is 14.5. The fourth-order valence-electron chi connectivity index (χ4n) is 3.88. The van der Waals surface area contributed by atoms with Crippen LogP contribution in [0.25, 0.3) is 0 Å². The Kier molecular flexibility index (Phi) is 7.43. The molecule has 0 bridgehead atoms. The SMILES string of the molecule is CCN1CCN(CC(=O)N2CCN(C(=O)CCCc3ccccc3)CC2)C(=O)C1=O. The van der Waals surface area contributed by atoms with Crippen LogP contribution in [0.15, 0.2) is 30.3 Å². The van der Waals surface area contributed by atoms with Crippen molar-refractivity contribution in [3.05, 3.63) is 35.9 Å². The van der Waals surface area contributed by atoms with Crippen LogP contribution in [0.2, 0.25) is 0 Å². The largest absolute Gasteiger partial charge is 0.339 e. The van der Waals surface area contributed by atoms with E-state index in [4.69, 9.17) is 0 Å². The fraction of sp³-hybridized carbons (Fsp3) is 0.545. The monoisotopic (exact) mass is 414 g/mol. The van der Waals surface area contributed by atoms with E-state index in [1.54, 1.807) is 4.90 Å². The van der Waals surface area contributed by atoms with Gasteiger partial charge in [0.2, 0.25) is 11.8 Å². The average molecular weight is 415 g/mol. The predicted octanol–water partition coefficient (Wildman–Crippen LogP) is 0.371. The van der Waals surface area contributed by atoms with Crippen molar-refractivity contribution in [2.24, 2.45) is 0 Å². The summed E-state index contributed by atoms with van der Waals surface area (Å²) in [6.45, 7) is 5.01. The van der Waals surface area contributed by atoms with Gasteiger partial charge in [-0.05, 0) is 25.3 Å². The Hall–Kier alpha value is -2.90. The zero-order chi connectivity index (χ0) is 21.5. The summed E-state index contributed by atoms with van der Waals surface area (Å²) in [4.78, 5) is 55.5. The van der Waals surface area contributed by atoms with Crippen LogP contribution in [-0.2, 0) is 25.6 Å². The van der Waals surface area contributed by atoms with Crippen molar-refractivity contribution in [2.45, 2.75) is 26.2 Å². The molecule has 8 nitrogen and oxygen atoms in total. The predicted molar refractivity (Wildman–Crippen MR) is 111 cm³/mol. The third-order valence-corrected chi connectivity index (χ3v) is 5.79. The normalized spacial score (nSPS) is 17.5. The van der Waals surface area contributed by atoms with Crippen molar-refractivity contribution in [1.29, 1.82) is 0 Å². The quantitative estimate of drug-likeness (QED) is 0.604. The maximum Gasteiger partial charge on any atom is 0.312 e. The zero-order valence-electron chi connectivity index (χ0n) is 17.6. The molecule has 0 unspecified atom stereocenters. The molecule has 0 radical (unpaired) electrons. The molecule has 2 fully saturated rings. The molecule has 0 aromatic heterocycles. The molecular weight excluding hydrogens is 384 g/mol. The molecule has 0 N–H and O–H groups in total. The maximum absolute atomic E-state index is 12.6. The van der Waals surface area contributed by atoms with Gasteiger partial charge in [-0.25, -0.2) is 0 Å². The highest BCUT2D eigenvalue weighted by molar-refractivity contribution is 6.35. The van der Waals surface area contributed by atoms with E-state index in [0.717, 1.165) is 12.8 Å². The molecule has 8 heteroatoms. The Bertz CT molecular complexity index is 775. The standard InChI is InChI=1S/C22H30N4O4/c1-2-23-11-16-26(22(30)21(23)29)17-20(28)25-14-12-24(13-15-25)19(27)10-6-9-18-7-4-3-5-8-18/h3-5,7-8H,2,6,9-17H2,1H3. The van der Waals surface area contributed by atoms with Crippen molar-refractivity contribution < 1.29 is 19.2 Å². The second kappa shape index (κ2) is 10.2. The highest BCUT2D eigenvalue weighted by Gasteiger charge is 2.34. The number of hydrogen-bond donors (Lipinski definition) is 0. The Morgan fingerprint density at radius 2 is 1.37 bits per heavy atom. The van der Waals surface area contributed by atoms with Gasteiger partial charge < -0.3 is 19.6 Å². The highest BCUT2D eigenvalue weighted by Crippen LogP contribution is 2.10. The van der Waals surface area contributed by atoms with Gasteiger partial charge in [0.15, 0.2) is 0 Å². The lowest BCUT2D eigenvalue weighted by Crippen LogP contribution is -2.58. The minimum Gasteiger partial charge on any atom is -0.339 e. The first-order valence-corrected chi connectivity index (χ1v) is 10.7. The number of nitrogens with zero attached hydrogens (tertiary/aromatic N) is 4. The van der Waals surface area contributed by atoms with Gasteiger partial charge in [0.05, 0.1) is 0 Å². The molecule has 1 aromatic carbocycles. The molecule has 4 amide bonds. The number of aryl methyl sites for hydroxylation is 1. The summed E-state index contributed by atoms with van der Waals surface area (Å²) in [5.74, 6) is -1.20. The smallest absolute Gasteiger partial charge is 0.312 e. The first kappa shape index (κ1) is 21.8. The molecule has 1 aromatic rings. The van der Waals surface area contributed by atoms with E-state index in [9.17, 15) is 19.2 Å². The molecule has 2 saturated heterocycles. The van der Waals surface area contributed by atoms with E-state index in [1.165, 1.54) is 15.4 Å². The van der Waals surface area contributed by atoms with Crippen LogP contribution in [0.3, 0.4) is 0 Å². The van der Waals surface area contributed by atoms with Crippen LogP contribution in [-0.4, -0.2) is 95.6 Å². The van der Waals surface area contributed by atoms with E-state index >= 15 is 0 Å². The lowest BCUT2D eigenvalue weighted by Gasteiger charge is -2.37. The molecule has 0 spiro atoms. The van der Waals surface area contributed by atoms with Crippen molar-refractivity contribution in [3.8, 4) is 0 Å². The van der Waals surface area contributed by atoms with E-state index in [2.05, 4.69) is 12.1 Å². The number of carbonyl (C=O) groups excluding carboxylic acids is 4. The topological polar surface area (TPSA) is 81.2 Å². The number of likely N-dealkylation sites (N-methyl/N-ethyl adjacent to an activating group) is 1. The summed E-state index contributed by atoms with van der Waals surface area (Å²) in [5.41, 5.74) is 1.23. The van der Waals surface area contributed by atoms with Crippen LogP contribution >= 0.6 is 0 Å². The molecular formula is C22H30N4O4. The molecule has 0 saturated carbocycles. The van der Waals surface area contributed by atoms with Crippen LogP contribution < -0.4 is 0 Å². The Morgan fingerprint density at radius 3 is 2.00 bits per heavy atom. The lowest BCUT2D eigenvalue weighted by molar-refractivity contribution is -0.157. The second-order valence-corrected chi connectivity index (χ2v) is 7.71. The fourth-order valence-corrected chi connectivity index (χ4v) is 3.88. The minimum absolute atomic E-state index is 0.0762. The van der Waals surface area contributed by atoms with Crippen molar-refractivity contribution in [2.75, 3.05) is 52.4 Å². The molecule has 162 valence electrons. The summed E-state index contributed by atoms with van der Waals surface area (Å²) in [7, 11) is 0. The van der Waals surface area contributed by atoms with Gasteiger partial charge in [0.1, 0.15) is 6.54 Å². The highest BCUT2D eigenvalue weighted by atomic mass is 16.2. The molecule has 30 heavy (non-hydrogen) atoms. The summed E-state index contributed by atoms with van der Waals surface area (Å²) in [6, 6.07) is 10.1. The first-order valence-electron chi connectivity index (χ1n) is 10.7. The Morgan fingerprint density at radius 1 is 0.800 bits per heavy atom. The van der Waals surface area contributed by atoms with Crippen molar-refractivity contribution in [3.63, 3.8) is 0 Å². The Labute approximate surface area is 177 Å². The third kappa shape index (κ3) is 5.37. The molecule has 2 heterocycles. The summed E-state index contributed by atoms with van der Waals surface area (Å²) in [6.07, 6.45) is 2.19. The van der Waals surface area contributed by atoms with E-state index in [0.29, 0.717) is 52.2 Å². The summed E-state index contributed by atoms with van der Waals surface area (Å²) in [5, 5.41) is 0. The molecule has 2 aliphatic rings. The number of piperazine rings is 2. The van der Waals surface area contributed by atoms with Gasteiger partial charge in [0, 0.05) is 52.2 Å². The summed E-state index contributed by atoms with van der Waals surface area (Å²) < 4.78 is 0. The van der Waals surface area contributed by atoms with Crippen LogP contribution in [0.4, 0.5) is 0 Å². The van der Waals surface area contributed by atoms with Gasteiger partial charge in [-0.15, -0.1) is 0 Å². The van der Waals surface area contributed by atoms with E-state index in [1.807, 2.05) is 30.0 Å². The van der Waals surface area contributed by atoms with Crippen LogP contribution in [0.1, 0.15) is 25.3 Å². The Balaban J connectivity index is 1.39. The molecule has 2 aliphatic heterocycles. The second-order valence-electron chi connectivity index (χ2n) is 7.71. The van der Waals surface area contributed by atoms with Crippen LogP contribution in [0.5, 0.6) is 0 Å². The number of hydrogen-bond acceptors (Lipinski definition) is 4. The van der Waals surface area contributed by atoms with Gasteiger partial charge in [-0.3, -0.25) is 19.2 Å². The molecule has 3 rings (SSSR count). The lowest BCUT2D eigenvalue weighted by atomic mass is 10.1. The van der Waals surface area contributed by atoms with Gasteiger partial charge in [0.25, 0.3) is 0 Å². The molecule has 0 aliphatic carbocycles. The van der Waals surface area contributed by atoms with Gasteiger partial charge in [-0.1, -0.05) is 30.3 Å². The van der Waals surface area contributed by atoms with E-state index < -0.39 is 11.8 Å². The van der Waals surface area contributed by atoms with Crippen molar-refractivity contribution >= 4 is 23.6 Å². The maximum atomic E-state index is 12.6. The third-order valence-electron chi connectivity index (χ3n) is 5.79. The van der Waals surface area contributed by atoms with Crippen molar-refractivity contribution in [1.82, 2.24) is 19.6 Å².